The standard InChI is InChI=1S/C16H20O2/c1-16-11-13(12-6-3-2-4-7-12)10-14(17)8-5-9-15(16)18-16/h2-4,6-7,13,15H,5,8-11H2,1H3/t13-,15-,16-/m0/s1. The molecule has 96 valence electrons. The van der Waals surface area contributed by atoms with Crippen LogP contribution in [0.3, 0.4) is 0 Å². The van der Waals surface area contributed by atoms with Gasteiger partial charge in [-0.25, -0.2) is 0 Å². The summed E-state index contributed by atoms with van der Waals surface area (Å²) in [7, 11) is 0. The van der Waals surface area contributed by atoms with Gasteiger partial charge in [-0.05, 0) is 37.7 Å². The third-order valence-electron chi connectivity index (χ3n) is 4.35. The normalized spacial score (nSPS) is 36.2. The average Bonchev–Trinajstić information content (AvgIpc) is 2.99. The number of Topliss-reactive ketones (excluding diaryl/α,β-unsaturated/α-hetero) is 1. The Balaban J connectivity index is 1.83. The first kappa shape index (κ1) is 11.9. The van der Waals surface area contributed by atoms with E-state index in [0.29, 0.717) is 24.2 Å². The van der Waals surface area contributed by atoms with E-state index in [1.54, 1.807) is 0 Å². The summed E-state index contributed by atoms with van der Waals surface area (Å²) >= 11 is 0. The average molecular weight is 244 g/mol. The summed E-state index contributed by atoms with van der Waals surface area (Å²) in [6.45, 7) is 2.20. The van der Waals surface area contributed by atoms with Gasteiger partial charge in [0, 0.05) is 12.8 Å². The van der Waals surface area contributed by atoms with E-state index in [4.69, 9.17) is 4.74 Å². The number of benzene rings is 1. The van der Waals surface area contributed by atoms with E-state index in [1.165, 1.54) is 5.56 Å². The fourth-order valence-electron chi connectivity index (χ4n) is 3.22. The number of hydrogen-bond acceptors (Lipinski definition) is 2. The molecule has 1 aliphatic carbocycles. The Morgan fingerprint density at radius 3 is 2.83 bits per heavy atom. The van der Waals surface area contributed by atoms with Crippen molar-refractivity contribution >= 4 is 5.78 Å². The van der Waals surface area contributed by atoms with Crippen molar-refractivity contribution < 1.29 is 9.53 Å². The lowest BCUT2D eigenvalue weighted by Crippen LogP contribution is -2.16. The topological polar surface area (TPSA) is 29.6 Å². The molecule has 2 heteroatoms. The van der Waals surface area contributed by atoms with E-state index < -0.39 is 0 Å². The molecule has 3 atom stereocenters. The molecule has 0 aromatic heterocycles. The first-order chi connectivity index (χ1) is 8.67. The van der Waals surface area contributed by atoms with Gasteiger partial charge in [-0.15, -0.1) is 0 Å². The minimum Gasteiger partial charge on any atom is -0.366 e. The molecule has 1 aromatic carbocycles. The zero-order chi connectivity index (χ0) is 12.6. The van der Waals surface area contributed by atoms with Crippen LogP contribution in [-0.2, 0) is 9.53 Å². The summed E-state index contributed by atoms with van der Waals surface area (Å²) in [5, 5.41) is 0. The largest absolute Gasteiger partial charge is 0.366 e. The third kappa shape index (κ3) is 2.35. The summed E-state index contributed by atoms with van der Waals surface area (Å²) in [6.07, 6.45) is 4.79. The smallest absolute Gasteiger partial charge is 0.133 e. The maximum absolute atomic E-state index is 12.0. The molecular formula is C16H20O2. The van der Waals surface area contributed by atoms with Crippen LogP contribution in [0.4, 0.5) is 0 Å². The van der Waals surface area contributed by atoms with Gasteiger partial charge in [0.15, 0.2) is 0 Å². The van der Waals surface area contributed by atoms with Crippen LogP contribution >= 0.6 is 0 Å². The monoisotopic (exact) mass is 244 g/mol. The minimum absolute atomic E-state index is 0.0190. The summed E-state index contributed by atoms with van der Waals surface area (Å²) in [6, 6.07) is 10.4. The molecule has 0 N–H and O–H groups in total. The van der Waals surface area contributed by atoms with Crippen molar-refractivity contribution in [2.45, 2.75) is 56.7 Å². The Morgan fingerprint density at radius 1 is 1.28 bits per heavy atom. The number of fused-ring (bicyclic) bond motifs is 1. The third-order valence-corrected chi connectivity index (χ3v) is 4.35. The molecule has 0 radical (unpaired) electrons. The lowest BCUT2D eigenvalue weighted by molar-refractivity contribution is -0.119. The SMILES string of the molecule is C[C@]12C[C@@H](c3ccccc3)CC(=O)CCC[C@@H]1O2. The van der Waals surface area contributed by atoms with Crippen molar-refractivity contribution in [1.82, 2.24) is 0 Å². The molecule has 1 saturated heterocycles. The van der Waals surface area contributed by atoms with Gasteiger partial charge >= 0.3 is 0 Å². The number of rotatable bonds is 1. The van der Waals surface area contributed by atoms with Crippen LogP contribution in [0.5, 0.6) is 0 Å². The predicted octanol–water partition coefficient (Wildman–Crippen LogP) is 3.46. The zero-order valence-corrected chi connectivity index (χ0v) is 10.9. The molecule has 0 bridgehead atoms. The van der Waals surface area contributed by atoms with Gasteiger partial charge in [0.2, 0.25) is 0 Å². The fourth-order valence-corrected chi connectivity index (χ4v) is 3.22. The molecule has 2 aliphatic rings. The van der Waals surface area contributed by atoms with Crippen molar-refractivity contribution in [2.24, 2.45) is 0 Å². The van der Waals surface area contributed by atoms with Crippen molar-refractivity contribution in [3.05, 3.63) is 35.9 Å². The molecule has 0 spiro atoms. The predicted molar refractivity (Wildman–Crippen MR) is 70.6 cm³/mol. The van der Waals surface area contributed by atoms with Crippen LogP contribution in [0.2, 0.25) is 0 Å². The van der Waals surface area contributed by atoms with Gasteiger partial charge in [0.05, 0.1) is 11.7 Å². The van der Waals surface area contributed by atoms with Crippen molar-refractivity contribution in [2.75, 3.05) is 0 Å². The second kappa shape index (κ2) is 4.51. The summed E-state index contributed by atoms with van der Waals surface area (Å²) < 4.78 is 5.86. The highest BCUT2D eigenvalue weighted by molar-refractivity contribution is 5.79. The fraction of sp³-hybridized carbons (Fsp3) is 0.562. The van der Waals surface area contributed by atoms with Gasteiger partial charge in [-0.1, -0.05) is 30.3 Å². The van der Waals surface area contributed by atoms with Gasteiger partial charge in [-0.3, -0.25) is 4.79 Å². The van der Waals surface area contributed by atoms with Crippen LogP contribution in [0.15, 0.2) is 30.3 Å². The quantitative estimate of drug-likeness (QED) is 0.708. The Hall–Kier alpha value is -1.15. The Morgan fingerprint density at radius 2 is 2.06 bits per heavy atom. The number of hydrogen-bond donors (Lipinski definition) is 0. The van der Waals surface area contributed by atoms with E-state index in [9.17, 15) is 4.79 Å². The maximum Gasteiger partial charge on any atom is 0.133 e. The highest BCUT2D eigenvalue weighted by Crippen LogP contribution is 2.47. The number of epoxide rings is 1. The van der Waals surface area contributed by atoms with Crippen molar-refractivity contribution in [1.29, 1.82) is 0 Å². The highest BCUT2D eigenvalue weighted by atomic mass is 16.6. The second-order valence-corrected chi connectivity index (χ2v) is 5.87. The molecule has 1 heterocycles. The van der Waals surface area contributed by atoms with Gasteiger partial charge in [-0.2, -0.15) is 0 Å². The van der Waals surface area contributed by atoms with Crippen molar-refractivity contribution in [3.8, 4) is 0 Å². The molecule has 18 heavy (non-hydrogen) atoms. The lowest BCUT2D eigenvalue weighted by atomic mass is 9.85. The van der Waals surface area contributed by atoms with Crippen LogP contribution in [0.25, 0.3) is 0 Å². The van der Waals surface area contributed by atoms with E-state index >= 15 is 0 Å². The summed E-state index contributed by atoms with van der Waals surface area (Å²) in [5.74, 6) is 0.737. The minimum atomic E-state index is 0.0190. The van der Waals surface area contributed by atoms with Crippen LogP contribution in [0, 0.1) is 0 Å². The summed E-state index contributed by atoms with van der Waals surface area (Å²) in [4.78, 5) is 12.0. The number of ether oxygens (including phenoxy) is 1. The van der Waals surface area contributed by atoms with Crippen LogP contribution < -0.4 is 0 Å². The molecule has 2 fully saturated rings. The zero-order valence-electron chi connectivity index (χ0n) is 10.9. The molecular weight excluding hydrogens is 224 g/mol. The van der Waals surface area contributed by atoms with Gasteiger partial charge < -0.3 is 4.74 Å². The molecule has 2 nitrogen and oxygen atoms in total. The second-order valence-electron chi connectivity index (χ2n) is 5.87. The van der Waals surface area contributed by atoms with E-state index in [1.807, 2.05) is 6.07 Å². The van der Waals surface area contributed by atoms with Crippen LogP contribution in [0.1, 0.15) is 50.5 Å². The first-order valence-electron chi connectivity index (χ1n) is 6.92. The van der Waals surface area contributed by atoms with Gasteiger partial charge in [0.1, 0.15) is 5.78 Å². The molecule has 1 aliphatic heterocycles. The van der Waals surface area contributed by atoms with E-state index in [-0.39, 0.29) is 5.60 Å². The number of carbonyl (C=O) groups excluding carboxylic acids is 1. The summed E-state index contributed by atoms with van der Waals surface area (Å²) in [5.41, 5.74) is 1.30. The molecule has 3 rings (SSSR count). The molecule has 0 amide bonds. The Labute approximate surface area is 108 Å². The Bertz CT molecular complexity index is 440. The highest BCUT2D eigenvalue weighted by Gasteiger charge is 2.52. The number of ketones is 1. The lowest BCUT2D eigenvalue weighted by Gasteiger charge is -2.18. The molecule has 1 aromatic rings. The first-order valence-corrected chi connectivity index (χ1v) is 6.92. The van der Waals surface area contributed by atoms with Crippen molar-refractivity contribution in [3.63, 3.8) is 0 Å². The van der Waals surface area contributed by atoms with Gasteiger partial charge in [0.25, 0.3) is 0 Å². The molecule has 0 unspecified atom stereocenters. The number of carbonyl (C=O) groups is 1. The Kier molecular flexibility index (Phi) is 2.98. The maximum atomic E-state index is 12.0. The van der Waals surface area contributed by atoms with Crippen LogP contribution in [-0.4, -0.2) is 17.5 Å². The van der Waals surface area contributed by atoms with E-state index in [2.05, 4.69) is 31.2 Å². The van der Waals surface area contributed by atoms with E-state index in [0.717, 1.165) is 25.7 Å². The molecule has 1 saturated carbocycles.